The molecule has 0 amide bonds. The van der Waals surface area contributed by atoms with E-state index in [9.17, 15) is 4.79 Å². The molecule has 30 heavy (non-hydrogen) atoms. The maximum absolute atomic E-state index is 11.3. The average Bonchev–Trinajstić information content (AvgIpc) is 2.76. The van der Waals surface area contributed by atoms with Crippen LogP contribution in [0.15, 0.2) is 79.0 Å². The molecule has 0 saturated heterocycles. The van der Waals surface area contributed by atoms with E-state index in [0.29, 0.717) is 23.0 Å². The van der Waals surface area contributed by atoms with Gasteiger partial charge in [0.1, 0.15) is 11.6 Å². The zero-order valence-electron chi connectivity index (χ0n) is 16.2. The minimum Gasteiger partial charge on any atom is -0.439 e. The zero-order chi connectivity index (χ0) is 20.9. The Morgan fingerprint density at radius 2 is 1.73 bits per heavy atom. The maximum atomic E-state index is 11.3. The number of carbonyl (C=O) groups excluding carboxylic acids is 1. The fraction of sp³-hybridized carbons (Fsp3) is 0.0435. The van der Waals surface area contributed by atoms with Crippen molar-refractivity contribution in [3.05, 3.63) is 84.6 Å². The van der Waals surface area contributed by atoms with E-state index in [2.05, 4.69) is 20.3 Å². The monoisotopic (exact) mass is 397 g/mol. The third-order valence-corrected chi connectivity index (χ3v) is 4.31. The summed E-state index contributed by atoms with van der Waals surface area (Å²) in [7, 11) is 0. The third kappa shape index (κ3) is 4.59. The predicted molar refractivity (Wildman–Crippen MR) is 116 cm³/mol. The summed E-state index contributed by atoms with van der Waals surface area (Å²) in [6.07, 6.45) is 1.64. The Labute approximate surface area is 173 Å². The van der Waals surface area contributed by atoms with Crippen LogP contribution in [-0.4, -0.2) is 20.7 Å². The molecule has 4 aromatic rings. The molecule has 3 N–H and O–H groups in total. The standard InChI is InChI=1S/C23H19N5O2/c1-15(29)16-7-10-19(11-8-16)30-22-12-9-18(14-25-22)26-21-13-20(27-23(24)28-21)17-5-3-2-4-6-17/h2-14H,1H3,(H3,24,26,27,28). The molecule has 0 atom stereocenters. The second-order valence-corrected chi connectivity index (χ2v) is 6.56. The molecule has 2 aromatic heterocycles. The number of benzene rings is 2. The Balaban J connectivity index is 1.47. The molecule has 7 nitrogen and oxygen atoms in total. The Morgan fingerprint density at radius 1 is 0.967 bits per heavy atom. The number of nitrogens with one attached hydrogen (secondary N) is 1. The van der Waals surface area contributed by atoms with Crippen molar-refractivity contribution in [2.24, 2.45) is 0 Å². The van der Waals surface area contributed by atoms with E-state index < -0.39 is 0 Å². The number of rotatable bonds is 6. The van der Waals surface area contributed by atoms with Crippen molar-refractivity contribution in [3.8, 4) is 22.9 Å². The first-order chi connectivity index (χ1) is 14.6. The van der Waals surface area contributed by atoms with Crippen molar-refractivity contribution in [1.29, 1.82) is 0 Å². The maximum Gasteiger partial charge on any atom is 0.222 e. The van der Waals surface area contributed by atoms with Crippen molar-refractivity contribution in [3.63, 3.8) is 0 Å². The van der Waals surface area contributed by atoms with Crippen LogP contribution in [0.5, 0.6) is 11.6 Å². The molecule has 0 fully saturated rings. The van der Waals surface area contributed by atoms with E-state index in [1.54, 1.807) is 36.5 Å². The van der Waals surface area contributed by atoms with Gasteiger partial charge in [-0.3, -0.25) is 4.79 Å². The zero-order valence-corrected chi connectivity index (χ0v) is 16.2. The number of anilines is 3. The number of nitrogen functional groups attached to an aromatic ring is 1. The number of ketones is 1. The summed E-state index contributed by atoms with van der Waals surface area (Å²) in [5, 5.41) is 3.18. The van der Waals surface area contributed by atoms with Crippen LogP contribution in [0.4, 0.5) is 17.5 Å². The summed E-state index contributed by atoms with van der Waals surface area (Å²) in [4.78, 5) is 24.2. The normalized spacial score (nSPS) is 10.4. The highest BCUT2D eigenvalue weighted by atomic mass is 16.5. The van der Waals surface area contributed by atoms with Gasteiger partial charge in [-0.15, -0.1) is 0 Å². The van der Waals surface area contributed by atoms with Gasteiger partial charge in [-0.05, 0) is 37.3 Å². The topological polar surface area (TPSA) is 103 Å². The van der Waals surface area contributed by atoms with Gasteiger partial charge in [-0.25, -0.2) is 9.97 Å². The van der Waals surface area contributed by atoms with Crippen molar-refractivity contribution < 1.29 is 9.53 Å². The first kappa shape index (κ1) is 19.1. The molecule has 0 spiro atoms. The Kier molecular flexibility index (Phi) is 5.34. The molecule has 0 aliphatic heterocycles. The van der Waals surface area contributed by atoms with Gasteiger partial charge in [-0.2, -0.15) is 4.98 Å². The Morgan fingerprint density at radius 3 is 2.40 bits per heavy atom. The fourth-order valence-electron chi connectivity index (χ4n) is 2.83. The van der Waals surface area contributed by atoms with Gasteiger partial charge in [0.25, 0.3) is 0 Å². The number of hydrogen-bond donors (Lipinski definition) is 2. The van der Waals surface area contributed by atoms with Crippen LogP contribution in [0, 0.1) is 0 Å². The van der Waals surface area contributed by atoms with Gasteiger partial charge in [0.05, 0.1) is 17.6 Å². The van der Waals surface area contributed by atoms with Gasteiger partial charge in [0.2, 0.25) is 11.8 Å². The highest BCUT2D eigenvalue weighted by molar-refractivity contribution is 5.94. The molecule has 2 aromatic carbocycles. The molecular formula is C23H19N5O2. The van der Waals surface area contributed by atoms with Gasteiger partial charge in [-0.1, -0.05) is 30.3 Å². The first-order valence-electron chi connectivity index (χ1n) is 9.29. The van der Waals surface area contributed by atoms with Crippen molar-refractivity contribution in [2.75, 3.05) is 11.1 Å². The molecule has 0 saturated carbocycles. The number of hydrogen-bond acceptors (Lipinski definition) is 7. The predicted octanol–water partition coefficient (Wildman–Crippen LogP) is 4.86. The van der Waals surface area contributed by atoms with E-state index in [0.717, 1.165) is 16.9 Å². The lowest BCUT2D eigenvalue weighted by Gasteiger charge is -2.09. The molecule has 7 heteroatoms. The van der Waals surface area contributed by atoms with E-state index in [-0.39, 0.29) is 11.7 Å². The summed E-state index contributed by atoms with van der Waals surface area (Å²) in [5.41, 5.74) is 8.91. The Hall–Kier alpha value is -4.26. The SMILES string of the molecule is CC(=O)c1ccc(Oc2ccc(Nc3cc(-c4ccccc4)nc(N)n3)cn2)cc1. The fourth-order valence-corrected chi connectivity index (χ4v) is 2.83. The van der Waals surface area contributed by atoms with Gasteiger partial charge >= 0.3 is 0 Å². The molecular weight excluding hydrogens is 378 g/mol. The van der Waals surface area contributed by atoms with E-state index >= 15 is 0 Å². The average molecular weight is 397 g/mol. The lowest BCUT2D eigenvalue weighted by atomic mass is 10.1. The molecule has 2 heterocycles. The second-order valence-electron chi connectivity index (χ2n) is 6.56. The number of ether oxygens (including phenoxy) is 1. The van der Waals surface area contributed by atoms with Crippen LogP contribution in [-0.2, 0) is 0 Å². The van der Waals surface area contributed by atoms with Gasteiger partial charge < -0.3 is 15.8 Å². The molecule has 0 bridgehead atoms. The number of carbonyl (C=O) groups is 1. The number of Topliss-reactive ketones (excluding diaryl/α,β-unsaturated/α-hetero) is 1. The largest absolute Gasteiger partial charge is 0.439 e. The lowest BCUT2D eigenvalue weighted by molar-refractivity contribution is 0.101. The van der Waals surface area contributed by atoms with Crippen molar-refractivity contribution in [2.45, 2.75) is 6.92 Å². The summed E-state index contributed by atoms with van der Waals surface area (Å²) < 4.78 is 5.72. The molecule has 0 radical (unpaired) electrons. The van der Waals surface area contributed by atoms with Crippen LogP contribution in [0.1, 0.15) is 17.3 Å². The Bertz CT molecular complexity index is 1160. The van der Waals surface area contributed by atoms with Crippen LogP contribution in [0.2, 0.25) is 0 Å². The number of nitrogens with zero attached hydrogens (tertiary/aromatic N) is 3. The molecule has 0 aliphatic rings. The minimum absolute atomic E-state index is 0.0101. The summed E-state index contributed by atoms with van der Waals surface area (Å²) in [5.74, 6) is 1.79. The minimum atomic E-state index is 0.0101. The summed E-state index contributed by atoms with van der Waals surface area (Å²) in [6, 6.07) is 22.1. The van der Waals surface area contributed by atoms with E-state index in [1.807, 2.05) is 42.5 Å². The highest BCUT2D eigenvalue weighted by Crippen LogP contribution is 2.24. The van der Waals surface area contributed by atoms with Crippen LogP contribution < -0.4 is 15.8 Å². The lowest BCUT2D eigenvalue weighted by Crippen LogP contribution is -2.01. The number of pyridine rings is 1. The van der Waals surface area contributed by atoms with Gasteiger partial charge in [0, 0.05) is 23.3 Å². The first-order valence-corrected chi connectivity index (χ1v) is 9.29. The summed E-state index contributed by atoms with van der Waals surface area (Å²) >= 11 is 0. The van der Waals surface area contributed by atoms with E-state index in [4.69, 9.17) is 10.5 Å². The molecule has 0 aliphatic carbocycles. The van der Waals surface area contributed by atoms with Crippen molar-refractivity contribution >= 4 is 23.2 Å². The number of aromatic nitrogens is 3. The summed E-state index contributed by atoms with van der Waals surface area (Å²) in [6.45, 7) is 1.53. The quantitative estimate of drug-likeness (QED) is 0.448. The van der Waals surface area contributed by atoms with Crippen molar-refractivity contribution in [1.82, 2.24) is 15.0 Å². The second kappa shape index (κ2) is 8.40. The highest BCUT2D eigenvalue weighted by Gasteiger charge is 2.06. The molecule has 4 rings (SSSR count). The van der Waals surface area contributed by atoms with E-state index in [1.165, 1.54) is 6.92 Å². The van der Waals surface area contributed by atoms with Crippen LogP contribution in [0.3, 0.4) is 0 Å². The van der Waals surface area contributed by atoms with Crippen LogP contribution >= 0.6 is 0 Å². The van der Waals surface area contributed by atoms with Crippen LogP contribution in [0.25, 0.3) is 11.3 Å². The third-order valence-electron chi connectivity index (χ3n) is 4.31. The molecule has 0 unspecified atom stereocenters. The molecule has 148 valence electrons. The number of nitrogens with two attached hydrogens (primary N) is 1. The smallest absolute Gasteiger partial charge is 0.222 e. The van der Waals surface area contributed by atoms with Gasteiger partial charge in [0.15, 0.2) is 5.78 Å².